The maximum absolute atomic E-state index is 11.9. The molecule has 0 aliphatic carbocycles. The Morgan fingerprint density at radius 2 is 2.00 bits per heavy atom. The van der Waals surface area contributed by atoms with Crippen LogP contribution in [0.25, 0.3) is 0 Å². The van der Waals surface area contributed by atoms with E-state index in [0.29, 0.717) is 0 Å². The Balaban J connectivity index is 3.08. The van der Waals surface area contributed by atoms with Gasteiger partial charge in [0.25, 0.3) is 0 Å². The molecule has 0 fully saturated rings. The molecule has 1 atom stereocenters. The number of rotatable bonds is 3. The number of ketones is 1. The first kappa shape index (κ1) is 13.6. The lowest BCUT2D eigenvalue weighted by atomic mass is 10.0. The molecule has 17 heavy (non-hydrogen) atoms. The first-order valence-electron chi connectivity index (χ1n) is 5.89. The fraction of sp³-hybridized carbons (Fsp3) is 0.538. The van der Waals surface area contributed by atoms with Crippen LogP contribution in [0.5, 0.6) is 0 Å². The van der Waals surface area contributed by atoms with E-state index in [4.69, 9.17) is 4.74 Å². The highest BCUT2D eigenvalue weighted by molar-refractivity contribution is 6.22. The molecule has 1 N–H and O–H groups in total. The molecule has 0 amide bonds. The van der Waals surface area contributed by atoms with Crippen LogP contribution < -0.4 is 4.90 Å². The molecule has 1 heterocycles. The lowest BCUT2D eigenvalue weighted by Gasteiger charge is -2.23. The smallest absolute Gasteiger partial charge is 0.348 e. The maximum Gasteiger partial charge on any atom is 0.348 e. The number of quaternary nitrogens is 1. The van der Waals surface area contributed by atoms with Gasteiger partial charge in [-0.25, -0.2) is 4.79 Å². The molecule has 1 aliphatic rings. The van der Waals surface area contributed by atoms with Crippen LogP contribution >= 0.6 is 0 Å². The molecule has 1 rings (SSSR count). The summed E-state index contributed by atoms with van der Waals surface area (Å²) < 4.78 is 5.10. The zero-order valence-electron chi connectivity index (χ0n) is 11.1. The zero-order chi connectivity index (χ0) is 13.2. The number of carbonyl (C=O) groups is 2. The van der Waals surface area contributed by atoms with Crippen molar-refractivity contribution in [2.45, 2.75) is 40.7 Å². The third kappa shape index (κ3) is 2.82. The summed E-state index contributed by atoms with van der Waals surface area (Å²) in [6.45, 7) is 10.1. The molecule has 0 aromatic carbocycles. The molecule has 4 heteroatoms. The van der Waals surface area contributed by atoms with Crippen molar-refractivity contribution in [3.05, 3.63) is 23.0 Å². The molecular formula is C13H20NO3+. The van der Waals surface area contributed by atoms with Gasteiger partial charge < -0.3 is 4.74 Å². The summed E-state index contributed by atoms with van der Waals surface area (Å²) in [6.07, 6.45) is 1.30. The average molecular weight is 238 g/mol. The van der Waals surface area contributed by atoms with E-state index in [0.717, 1.165) is 22.8 Å². The van der Waals surface area contributed by atoms with E-state index in [9.17, 15) is 9.59 Å². The minimum atomic E-state index is -0.516. The first-order chi connectivity index (χ1) is 7.88. The summed E-state index contributed by atoms with van der Waals surface area (Å²) in [5, 5.41) is 0. The maximum atomic E-state index is 11.9. The van der Waals surface area contributed by atoms with Gasteiger partial charge in [-0.1, -0.05) is 0 Å². The number of nitrogens with one attached hydrogen (secondary N) is 1. The summed E-state index contributed by atoms with van der Waals surface area (Å²) in [7, 11) is 0. The van der Waals surface area contributed by atoms with Gasteiger partial charge in [0.05, 0.1) is 12.6 Å². The van der Waals surface area contributed by atoms with Gasteiger partial charge in [-0.3, -0.25) is 9.69 Å². The van der Waals surface area contributed by atoms with Crippen molar-refractivity contribution < 1.29 is 19.2 Å². The largest absolute Gasteiger partial charge is 0.459 e. The summed E-state index contributed by atoms with van der Waals surface area (Å²) in [4.78, 5) is 24.8. The fourth-order valence-electron chi connectivity index (χ4n) is 2.06. The van der Waals surface area contributed by atoms with E-state index in [2.05, 4.69) is 0 Å². The molecule has 94 valence electrons. The van der Waals surface area contributed by atoms with E-state index in [1.54, 1.807) is 13.8 Å². The second-order valence-corrected chi connectivity index (χ2v) is 4.48. The fourth-order valence-corrected chi connectivity index (χ4v) is 2.06. The predicted molar refractivity (Wildman–Crippen MR) is 64.2 cm³/mol. The van der Waals surface area contributed by atoms with Gasteiger partial charge in [0.15, 0.2) is 5.57 Å². The Labute approximate surface area is 102 Å². The molecule has 0 aromatic heterocycles. The molecule has 0 bridgehead atoms. The number of esters is 1. The lowest BCUT2D eigenvalue weighted by molar-refractivity contribution is -0.818. The van der Waals surface area contributed by atoms with Gasteiger partial charge in [-0.2, -0.15) is 0 Å². The third-order valence-corrected chi connectivity index (χ3v) is 2.80. The molecule has 0 saturated carbocycles. The molecule has 0 aromatic rings. The van der Waals surface area contributed by atoms with Crippen molar-refractivity contribution in [3.63, 3.8) is 0 Å². The third-order valence-electron chi connectivity index (χ3n) is 2.80. The van der Waals surface area contributed by atoms with Gasteiger partial charge in [0, 0.05) is 19.9 Å². The van der Waals surface area contributed by atoms with Crippen LogP contribution in [0.1, 0.15) is 34.6 Å². The monoisotopic (exact) mass is 238 g/mol. The van der Waals surface area contributed by atoms with Gasteiger partial charge in [0.1, 0.15) is 11.4 Å². The van der Waals surface area contributed by atoms with Crippen LogP contribution in [-0.4, -0.2) is 24.4 Å². The van der Waals surface area contributed by atoms with Gasteiger partial charge >= 0.3 is 5.97 Å². The minimum absolute atomic E-state index is 0.182. The summed E-state index contributed by atoms with van der Waals surface area (Å²) in [6, 6.07) is 0. The highest BCUT2D eigenvalue weighted by atomic mass is 16.5. The topological polar surface area (TPSA) is 47.8 Å². The van der Waals surface area contributed by atoms with Crippen LogP contribution in [-0.2, 0) is 14.3 Å². The van der Waals surface area contributed by atoms with E-state index >= 15 is 0 Å². The van der Waals surface area contributed by atoms with E-state index in [1.165, 1.54) is 6.08 Å². The summed E-state index contributed by atoms with van der Waals surface area (Å²) in [5.74, 6) is -0.764. The Hall–Kier alpha value is -1.42. The van der Waals surface area contributed by atoms with E-state index in [1.807, 2.05) is 20.8 Å². The van der Waals surface area contributed by atoms with Crippen LogP contribution in [0.4, 0.5) is 0 Å². The highest BCUT2D eigenvalue weighted by Crippen LogP contribution is 2.11. The molecule has 1 aliphatic heterocycles. The van der Waals surface area contributed by atoms with Gasteiger partial charge in [0.2, 0.25) is 5.78 Å². The quantitative estimate of drug-likeness (QED) is 0.578. The minimum Gasteiger partial charge on any atom is -0.459 e. The van der Waals surface area contributed by atoms with Crippen molar-refractivity contribution in [1.82, 2.24) is 0 Å². The predicted octanol–water partition coefficient (Wildman–Crippen LogP) is 0.603. The van der Waals surface area contributed by atoms with E-state index < -0.39 is 5.97 Å². The standard InChI is InChI=1S/C13H19NO3/c1-6-14-9(4)7-11(15)12(10(14)5)13(16)17-8(2)3/h7-8H,6H2,1-5H3/p+1. The first-order valence-corrected chi connectivity index (χ1v) is 5.89. The van der Waals surface area contributed by atoms with Gasteiger partial charge in [-0.15, -0.1) is 0 Å². The molecule has 0 radical (unpaired) electrons. The van der Waals surface area contributed by atoms with Crippen molar-refractivity contribution >= 4 is 11.8 Å². The SMILES string of the molecule is CC[NH+]1C(C)=CC(=O)C(C(=O)OC(C)C)=C1C. The van der Waals surface area contributed by atoms with E-state index in [-0.39, 0.29) is 17.5 Å². The van der Waals surface area contributed by atoms with Gasteiger partial charge in [-0.05, 0) is 20.8 Å². The lowest BCUT2D eigenvalue weighted by Crippen LogP contribution is -3.08. The average Bonchev–Trinajstić information content (AvgIpc) is 2.15. The van der Waals surface area contributed by atoms with Crippen molar-refractivity contribution in [1.29, 1.82) is 0 Å². The zero-order valence-corrected chi connectivity index (χ0v) is 11.1. The molecular weight excluding hydrogens is 218 g/mol. The second kappa shape index (κ2) is 5.27. The second-order valence-electron chi connectivity index (χ2n) is 4.48. The summed E-state index contributed by atoms with van der Waals surface area (Å²) in [5.41, 5.74) is 1.88. The normalized spacial score (nSPS) is 20.7. The van der Waals surface area contributed by atoms with Crippen LogP contribution in [0.2, 0.25) is 0 Å². The Morgan fingerprint density at radius 3 is 2.47 bits per heavy atom. The molecule has 4 nitrogen and oxygen atoms in total. The Morgan fingerprint density at radius 1 is 1.41 bits per heavy atom. The Bertz CT molecular complexity index is 405. The van der Waals surface area contributed by atoms with Crippen LogP contribution in [0, 0.1) is 0 Å². The molecule has 0 spiro atoms. The highest BCUT2D eigenvalue weighted by Gasteiger charge is 2.32. The number of hydrogen-bond acceptors (Lipinski definition) is 3. The Kier molecular flexibility index (Phi) is 4.23. The van der Waals surface area contributed by atoms with Crippen molar-refractivity contribution in [2.75, 3.05) is 6.54 Å². The number of allylic oxidation sites excluding steroid dienone is 3. The van der Waals surface area contributed by atoms with Crippen LogP contribution in [0.3, 0.4) is 0 Å². The number of ether oxygens (including phenoxy) is 1. The molecule has 0 saturated heterocycles. The number of carbonyl (C=O) groups excluding carboxylic acids is 2. The van der Waals surface area contributed by atoms with Crippen molar-refractivity contribution in [3.8, 4) is 0 Å². The summed E-state index contributed by atoms with van der Waals surface area (Å²) >= 11 is 0. The molecule has 1 unspecified atom stereocenters. The number of hydrogen-bond donors (Lipinski definition) is 1. The van der Waals surface area contributed by atoms with Crippen LogP contribution in [0.15, 0.2) is 23.0 Å². The van der Waals surface area contributed by atoms with Crippen molar-refractivity contribution in [2.24, 2.45) is 0 Å².